The first kappa shape index (κ1) is 90.8. The number of thiophene rings is 2. The van der Waals surface area contributed by atoms with Gasteiger partial charge in [0.2, 0.25) is 0 Å². The van der Waals surface area contributed by atoms with Crippen LogP contribution in [0.15, 0.2) is 361 Å². The number of hydrogen-bond donors (Lipinski definition) is 0. The van der Waals surface area contributed by atoms with Gasteiger partial charge in [-0.3, -0.25) is 0 Å². The van der Waals surface area contributed by atoms with Crippen LogP contribution in [-0.4, -0.2) is 9.13 Å². The van der Waals surface area contributed by atoms with E-state index in [-0.39, 0.29) is 10.8 Å². The Morgan fingerprint density at radius 3 is 0.868 bits per heavy atom. The van der Waals surface area contributed by atoms with E-state index in [0.717, 1.165) is 22.3 Å². The molecule has 0 aliphatic heterocycles. The molecule has 0 bridgehead atoms. The highest BCUT2D eigenvalue weighted by Gasteiger charge is 2.37. The Morgan fingerprint density at radius 2 is 0.456 bits per heavy atom. The average Bonchev–Trinajstić information content (AvgIpc) is 1.61. The number of aromatic nitrogens is 2. The molecule has 0 N–H and O–H groups in total. The molecule has 0 radical (unpaired) electrons. The summed E-state index contributed by atoms with van der Waals surface area (Å²) < 4.78 is 21.9. The molecular formula is C130H118N2O2S2. The number of fused-ring (bicyclic) bond motifs is 24. The van der Waals surface area contributed by atoms with Crippen molar-refractivity contribution >= 4 is 151 Å². The molecule has 24 aromatic rings. The lowest BCUT2D eigenvalue weighted by Gasteiger charge is -2.22. The lowest BCUT2D eigenvalue weighted by molar-refractivity contribution is 0.659. The first-order chi connectivity index (χ1) is 65.4. The molecule has 0 amide bonds. The van der Waals surface area contributed by atoms with Gasteiger partial charge >= 0.3 is 0 Å². The van der Waals surface area contributed by atoms with Crippen molar-refractivity contribution in [2.45, 2.75) is 149 Å². The molecule has 0 saturated heterocycles. The molecule has 136 heavy (non-hydrogen) atoms. The molecule has 26 rings (SSSR count). The molecule has 2 aliphatic rings. The van der Waals surface area contributed by atoms with E-state index in [1.54, 1.807) is 0 Å². The highest BCUT2D eigenvalue weighted by molar-refractivity contribution is 7.26. The first-order valence-electron chi connectivity index (χ1n) is 47.6. The number of furan rings is 2. The number of hydrogen-bond acceptors (Lipinski definition) is 4. The second-order valence-electron chi connectivity index (χ2n) is 39.3. The van der Waals surface area contributed by atoms with Crippen LogP contribution >= 0.6 is 22.7 Å². The molecule has 0 atom stereocenters. The normalized spacial score (nSPS) is 12.4. The van der Waals surface area contributed by atoms with Gasteiger partial charge < -0.3 is 18.0 Å². The number of benzene rings is 18. The van der Waals surface area contributed by atoms with Gasteiger partial charge in [-0.15, -0.1) is 22.7 Å². The van der Waals surface area contributed by atoms with E-state index < -0.39 is 0 Å². The zero-order valence-corrected chi connectivity index (χ0v) is 83.6. The van der Waals surface area contributed by atoms with E-state index in [4.69, 9.17) is 8.83 Å². The molecule has 18 aromatic carbocycles. The van der Waals surface area contributed by atoms with Gasteiger partial charge in [-0.05, 0) is 322 Å². The van der Waals surface area contributed by atoms with Crippen molar-refractivity contribution in [2.24, 2.45) is 0 Å². The Morgan fingerprint density at radius 1 is 0.176 bits per heavy atom. The number of rotatable bonds is 2. The minimum Gasteiger partial charge on any atom is -0.456 e. The molecule has 0 saturated carbocycles. The maximum Gasteiger partial charge on any atom is 0.135 e. The molecule has 0 spiro atoms. The lowest BCUT2D eigenvalue weighted by atomic mass is 9.81. The van der Waals surface area contributed by atoms with Crippen LogP contribution in [0, 0.1) is 111 Å². The number of aryl methyl sites for hydroxylation is 16. The molecular weight excluding hydrogens is 1690 g/mol. The van der Waals surface area contributed by atoms with Gasteiger partial charge in [0.25, 0.3) is 0 Å². The topological polar surface area (TPSA) is 36.1 Å². The van der Waals surface area contributed by atoms with Gasteiger partial charge in [-0.2, -0.15) is 0 Å². The minimum absolute atomic E-state index is 0.142. The predicted octanol–water partition coefficient (Wildman–Crippen LogP) is 37.8. The Hall–Kier alpha value is -14.4. The molecule has 0 unspecified atom stereocenters. The standard InChI is InChI=1S/2C20H17N.2C17H18.2C14H12O.2C14H12S/c1-14-8-10-19-17(12-14)18-13-15(2)9-11-20(18)21(19)16-6-4-3-5-7-16;1-14-8-10-17-18-11-9-15(2)13-20(18)21(19(17)12-14)16-6-4-3-5-7-16;1-11-5-7-15-13(9-11)14-10-12(2)6-8-16(14)17(15,3)4;1-11-5-7-13-14-8-6-12(2)10-16(14)17(3,4)15(13)9-11;1-9-3-5-13-11(7-9)12-8-10(2)4-6-14(12)15-13;1-9-3-5-11-12-6-4-10(2)8-14(12)15-13(11)7-9;1-9-3-5-13-11(7-9)12-8-10(2)4-6-14(12)15-13;1-9-3-5-11-12-6-4-10(2)8-14(12)15-13(11)7-9/h2*3-13H,1-2H3;2*5-10H,1-4H3;4*3-8H,1-2H3. The smallest absolute Gasteiger partial charge is 0.135 e. The molecule has 0 fully saturated rings. The van der Waals surface area contributed by atoms with Crippen LogP contribution in [0.3, 0.4) is 0 Å². The summed E-state index contributed by atoms with van der Waals surface area (Å²) in [5.41, 5.74) is 44.2. The first-order valence-corrected chi connectivity index (χ1v) is 49.2. The summed E-state index contributed by atoms with van der Waals surface area (Å²) in [7, 11) is 0. The predicted molar refractivity (Wildman–Crippen MR) is 591 cm³/mol. The van der Waals surface area contributed by atoms with Crippen LogP contribution in [-0.2, 0) is 10.8 Å². The summed E-state index contributed by atoms with van der Waals surface area (Å²) in [6, 6.07) is 127. The third kappa shape index (κ3) is 18.0. The monoisotopic (exact) mass is 1800 g/mol. The van der Waals surface area contributed by atoms with Gasteiger partial charge in [0.15, 0.2) is 0 Å². The Balaban J connectivity index is 0.000000100. The van der Waals surface area contributed by atoms with Gasteiger partial charge in [0.1, 0.15) is 22.3 Å². The summed E-state index contributed by atoms with van der Waals surface area (Å²) in [6.07, 6.45) is 0. The van der Waals surface area contributed by atoms with Crippen molar-refractivity contribution in [1.29, 1.82) is 0 Å². The summed E-state index contributed by atoms with van der Waals surface area (Å²) in [4.78, 5) is 0. The lowest BCUT2D eigenvalue weighted by Crippen LogP contribution is -2.15. The third-order valence-electron chi connectivity index (χ3n) is 27.3. The SMILES string of the molecule is Cc1ccc2c(c1)-c1cc(C)ccc1C2(C)C.Cc1ccc2c(c1)C(C)(C)c1cc(C)ccc1-2.Cc1ccc2c(c1)c1cc(C)ccc1n2-c1ccccc1.Cc1ccc2c(c1)oc1cc(C)ccc12.Cc1ccc2c(c1)sc1cc(C)ccc12.Cc1ccc2c3ccc(C)cc3n(-c3ccccc3)c2c1.Cc1ccc2oc3ccc(C)cc3c2c1.Cc1ccc2sc3ccc(C)cc3c2c1. The van der Waals surface area contributed by atoms with E-state index in [2.05, 4.69) is 487 Å². The fraction of sp³-hybridized carbons (Fsp3) is 0.169. The molecule has 6 heteroatoms. The molecule has 6 aromatic heterocycles. The molecule has 2 aliphatic carbocycles. The van der Waals surface area contributed by atoms with Crippen molar-refractivity contribution in [2.75, 3.05) is 0 Å². The molecule has 4 nitrogen and oxygen atoms in total. The van der Waals surface area contributed by atoms with Crippen LogP contribution in [0.4, 0.5) is 0 Å². The maximum absolute atomic E-state index is 5.81. The van der Waals surface area contributed by atoms with Crippen LogP contribution < -0.4 is 0 Å². The van der Waals surface area contributed by atoms with E-state index in [0.29, 0.717) is 0 Å². The van der Waals surface area contributed by atoms with Gasteiger partial charge in [-0.1, -0.05) is 302 Å². The van der Waals surface area contributed by atoms with Gasteiger partial charge in [-0.25, -0.2) is 0 Å². The summed E-state index contributed by atoms with van der Waals surface area (Å²) in [5.74, 6) is 0. The largest absolute Gasteiger partial charge is 0.456 e. The van der Waals surface area contributed by atoms with Gasteiger partial charge in [0.05, 0.1) is 22.1 Å². The highest BCUT2D eigenvalue weighted by Crippen LogP contribution is 2.51. The highest BCUT2D eigenvalue weighted by atomic mass is 32.1. The second-order valence-corrected chi connectivity index (χ2v) is 41.4. The van der Waals surface area contributed by atoms with Crippen molar-refractivity contribution in [3.8, 4) is 33.6 Å². The fourth-order valence-electron chi connectivity index (χ4n) is 20.2. The zero-order chi connectivity index (χ0) is 94.9. The van der Waals surface area contributed by atoms with Crippen LogP contribution in [0.5, 0.6) is 0 Å². The van der Waals surface area contributed by atoms with Crippen molar-refractivity contribution in [1.82, 2.24) is 9.13 Å². The van der Waals surface area contributed by atoms with E-state index in [9.17, 15) is 0 Å². The van der Waals surface area contributed by atoms with E-state index in [1.807, 2.05) is 34.8 Å². The van der Waals surface area contributed by atoms with Gasteiger partial charge in [0, 0.05) is 106 Å². The van der Waals surface area contributed by atoms with Crippen molar-refractivity contribution in [3.05, 3.63) is 463 Å². The Kier molecular flexibility index (Phi) is 24.8. The fourth-order valence-corrected chi connectivity index (χ4v) is 22.5. The van der Waals surface area contributed by atoms with Crippen LogP contribution in [0.1, 0.15) is 139 Å². The quantitative estimate of drug-likeness (QED) is 0.173. The summed E-state index contributed by atoms with van der Waals surface area (Å²) >= 11 is 3.77. The summed E-state index contributed by atoms with van der Waals surface area (Å²) in [6.45, 7) is 43.6. The summed E-state index contributed by atoms with van der Waals surface area (Å²) in [5, 5.41) is 15.7. The number of para-hydroxylation sites is 2. The molecule has 6 heterocycles. The third-order valence-corrected chi connectivity index (χ3v) is 29.6. The van der Waals surface area contributed by atoms with Crippen LogP contribution in [0.25, 0.3) is 161 Å². The Labute approximate surface area is 808 Å². The van der Waals surface area contributed by atoms with Crippen molar-refractivity contribution < 1.29 is 8.83 Å². The zero-order valence-electron chi connectivity index (χ0n) is 82.0. The van der Waals surface area contributed by atoms with Crippen LogP contribution in [0.2, 0.25) is 0 Å². The Bertz CT molecular complexity index is 8040. The average molecular weight is 1800 g/mol. The van der Waals surface area contributed by atoms with E-state index >= 15 is 0 Å². The van der Waals surface area contributed by atoms with Crippen molar-refractivity contribution in [3.63, 3.8) is 0 Å². The minimum atomic E-state index is 0.142. The maximum atomic E-state index is 5.81. The molecule has 672 valence electrons. The second kappa shape index (κ2) is 37.1. The number of nitrogens with zero attached hydrogens (tertiary/aromatic N) is 2. The van der Waals surface area contributed by atoms with E-state index in [1.165, 1.54) is 250 Å².